The van der Waals surface area contributed by atoms with Crippen molar-refractivity contribution in [2.45, 2.75) is 63.4 Å². The average Bonchev–Trinajstić information content (AvgIpc) is 3.16. The second kappa shape index (κ2) is 9.26. The number of aromatic nitrogens is 2. The molecule has 0 aromatic carbocycles. The van der Waals surface area contributed by atoms with Gasteiger partial charge in [-0.1, -0.05) is 18.7 Å². The van der Waals surface area contributed by atoms with E-state index in [0.717, 1.165) is 35.4 Å². The van der Waals surface area contributed by atoms with Gasteiger partial charge in [-0.3, -0.25) is 4.79 Å². The van der Waals surface area contributed by atoms with Gasteiger partial charge in [-0.15, -0.1) is 0 Å². The predicted molar refractivity (Wildman–Crippen MR) is 108 cm³/mol. The van der Waals surface area contributed by atoms with E-state index in [1.54, 1.807) is 17.8 Å². The highest BCUT2D eigenvalue weighted by molar-refractivity contribution is 7.98. The third kappa shape index (κ3) is 5.03. The van der Waals surface area contributed by atoms with Crippen LogP contribution in [0.1, 0.15) is 62.0 Å². The van der Waals surface area contributed by atoms with Crippen molar-refractivity contribution in [1.82, 2.24) is 15.3 Å². The SMILES string of the molecule is CCNC(=O)c1ccc(CSc2nc(CC)cc(N3CCCCC3C)n2)o1. The van der Waals surface area contributed by atoms with Crippen molar-refractivity contribution in [1.29, 1.82) is 0 Å². The molecule has 7 heteroatoms. The van der Waals surface area contributed by atoms with Gasteiger partial charge < -0.3 is 14.6 Å². The second-order valence-corrected chi connectivity index (χ2v) is 7.75. The molecule has 1 aliphatic rings. The standard InChI is InChI=1S/C20H28N4O2S/c1-4-15-12-18(24-11-7-6-8-14(24)3)23-20(22-15)27-13-16-9-10-17(26-16)19(25)21-5-2/h9-10,12,14H,4-8,11,13H2,1-3H3,(H,21,25). The summed E-state index contributed by atoms with van der Waals surface area (Å²) in [6, 6.07) is 6.19. The van der Waals surface area contributed by atoms with Crippen LogP contribution in [0.25, 0.3) is 0 Å². The fourth-order valence-electron chi connectivity index (χ4n) is 3.25. The number of nitrogens with zero attached hydrogens (tertiary/aromatic N) is 3. The average molecular weight is 389 g/mol. The molecular weight excluding hydrogens is 360 g/mol. The third-order valence-electron chi connectivity index (χ3n) is 4.77. The number of anilines is 1. The fraction of sp³-hybridized carbons (Fsp3) is 0.550. The number of hydrogen-bond donors (Lipinski definition) is 1. The number of carbonyl (C=O) groups is 1. The van der Waals surface area contributed by atoms with Gasteiger partial charge in [0.25, 0.3) is 5.91 Å². The maximum absolute atomic E-state index is 11.8. The molecule has 0 aliphatic carbocycles. The number of carbonyl (C=O) groups excluding carboxylic acids is 1. The van der Waals surface area contributed by atoms with E-state index in [1.165, 1.54) is 19.3 Å². The third-order valence-corrected chi connectivity index (χ3v) is 5.64. The lowest BCUT2D eigenvalue weighted by Gasteiger charge is -2.34. The number of rotatable bonds is 7. The summed E-state index contributed by atoms with van der Waals surface area (Å²) in [5, 5.41) is 3.50. The van der Waals surface area contributed by atoms with Gasteiger partial charge >= 0.3 is 0 Å². The zero-order chi connectivity index (χ0) is 19.2. The molecule has 1 amide bonds. The minimum absolute atomic E-state index is 0.181. The zero-order valence-electron chi connectivity index (χ0n) is 16.3. The molecule has 1 atom stereocenters. The molecule has 2 aromatic heterocycles. The summed E-state index contributed by atoms with van der Waals surface area (Å²) in [6.45, 7) is 7.91. The van der Waals surface area contributed by atoms with Crippen LogP contribution in [-0.2, 0) is 12.2 Å². The molecule has 1 unspecified atom stereocenters. The van der Waals surface area contributed by atoms with Gasteiger partial charge in [-0.2, -0.15) is 0 Å². The number of piperidine rings is 1. The Morgan fingerprint density at radius 3 is 2.93 bits per heavy atom. The molecule has 6 nitrogen and oxygen atoms in total. The number of nitrogens with one attached hydrogen (secondary N) is 1. The molecule has 1 N–H and O–H groups in total. The van der Waals surface area contributed by atoms with E-state index in [9.17, 15) is 4.79 Å². The minimum Gasteiger partial charge on any atom is -0.455 e. The second-order valence-electron chi connectivity index (χ2n) is 6.81. The summed E-state index contributed by atoms with van der Waals surface area (Å²) in [5.41, 5.74) is 1.06. The lowest BCUT2D eigenvalue weighted by Crippen LogP contribution is -2.38. The molecular formula is C20H28N4O2S. The van der Waals surface area contributed by atoms with E-state index in [2.05, 4.69) is 35.1 Å². The van der Waals surface area contributed by atoms with Crippen LogP contribution in [0.2, 0.25) is 0 Å². The minimum atomic E-state index is -0.181. The first-order chi connectivity index (χ1) is 13.1. The van der Waals surface area contributed by atoms with Gasteiger partial charge in [0.2, 0.25) is 0 Å². The molecule has 3 rings (SSSR count). The summed E-state index contributed by atoms with van der Waals surface area (Å²) in [5.74, 6) is 2.54. The molecule has 1 aliphatic heterocycles. The number of furan rings is 1. The molecule has 0 saturated carbocycles. The van der Waals surface area contributed by atoms with Crippen LogP contribution in [0, 0.1) is 0 Å². The highest BCUT2D eigenvalue weighted by Gasteiger charge is 2.21. The van der Waals surface area contributed by atoms with E-state index in [-0.39, 0.29) is 5.91 Å². The van der Waals surface area contributed by atoms with Gasteiger partial charge in [0.1, 0.15) is 11.6 Å². The Morgan fingerprint density at radius 1 is 1.33 bits per heavy atom. The summed E-state index contributed by atoms with van der Waals surface area (Å²) >= 11 is 1.55. The van der Waals surface area contributed by atoms with Crippen LogP contribution in [0.3, 0.4) is 0 Å². The van der Waals surface area contributed by atoms with E-state index < -0.39 is 0 Å². The van der Waals surface area contributed by atoms with Gasteiger partial charge in [0, 0.05) is 30.9 Å². The molecule has 2 aromatic rings. The highest BCUT2D eigenvalue weighted by Crippen LogP contribution is 2.27. The van der Waals surface area contributed by atoms with Gasteiger partial charge in [0.05, 0.1) is 5.75 Å². The highest BCUT2D eigenvalue weighted by atomic mass is 32.2. The quantitative estimate of drug-likeness (QED) is 0.570. The lowest BCUT2D eigenvalue weighted by molar-refractivity contribution is 0.0927. The Bertz CT molecular complexity index is 777. The molecule has 1 saturated heterocycles. The molecule has 146 valence electrons. The summed E-state index contributed by atoms with van der Waals surface area (Å²) < 4.78 is 5.64. The Hall–Kier alpha value is -2.02. The Kier molecular flexibility index (Phi) is 6.77. The van der Waals surface area contributed by atoms with E-state index in [4.69, 9.17) is 9.40 Å². The Balaban J connectivity index is 1.71. The largest absolute Gasteiger partial charge is 0.455 e. The van der Waals surface area contributed by atoms with Crippen molar-refractivity contribution < 1.29 is 9.21 Å². The number of amides is 1. The lowest BCUT2D eigenvalue weighted by atomic mass is 10.0. The maximum Gasteiger partial charge on any atom is 0.286 e. The first kappa shape index (κ1) is 19.7. The van der Waals surface area contributed by atoms with Crippen LogP contribution in [-0.4, -0.2) is 35.0 Å². The van der Waals surface area contributed by atoms with Crippen LogP contribution in [0.4, 0.5) is 5.82 Å². The van der Waals surface area contributed by atoms with Crippen molar-refractivity contribution in [2.75, 3.05) is 18.0 Å². The Morgan fingerprint density at radius 2 is 2.19 bits per heavy atom. The van der Waals surface area contributed by atoms with Crippen molar-refractivity contribution in [3.8, 4) is 0 Å². The Labute approximate surface area is 165 Å². The van der Waals surface area contributed by atoms with E-state index in [0.29, 0.717) is 24.1 Å². The molecule has 27 heavy (non-hydrogen) atoms. The number of thioether (sulfide) groups is 1. The van der Waals surface area contributed by atoms with E-state index >= 15 is 0 Å². The van der Waals surface area contributed by atoms with Crippen LogP contribution >= 0.6 is 11.8 Å². The predicted octanol–water partition coefficient (Wildman–Crippen LogP) is 4.05. The first-order valence-electron chi connectivity index (χ1n) is 9.75. The topological polar surface area (TPSA) is 71.3 Å². The smallest absolute Gasteiger partial charge is 0.286 e. The first-order valence-corrected chi connectivity index (χ1v) is 10.7. The van der Waals surface area contributed by atoms with Crippen molar-refractivity contribution in [2.24, 2.45) is 0 Å². The van der Waals surface area contributed by atoms with Crippen molar-refractivity contribution >= 4 is 23.5 Å². The molecule has 3 heterocycles. The molecule has 0 radical (unpaired) electrons. The summed E-state index contributed by atoms with van der Waals surface area (Å²) in [4.78, 5) is 23.7. The number of hydrogen-bond acceptors (Lipinski definition) is 6. The van der Waals surface area contributed by atoms with Crippen LogP contribution in [0.15, 0.2) is 27.8 Å². The summed E-state index contributed by atoms with van der Waals surface area (Å²) in [7, 11) is 0. The number of aryl methyl sites for hydroxylation is 1. The van der Waals surface area contributed by atoms with Gasteiger partial charge in [0.15, 0.2) is 10.9 Å². The van der Waals surface area contributed by atoms with Crippen LogP contribution in [0.5, 0.6) is 0 Å². The molecule has 0 bridgehead atoms. The fourth-order valence-corrected chi connectivity index (χ4v) is 4.02. The maximum atomic E-state index is 11.8. The zero-order valence-corrected chi connectivity index (χ0v) is 17.1. The molecule has 0 spiro atoms. The van der Waals surface area contributed by atoms with Crippen molar-refractivity contribution in [3.63, 3.8) is 0 Å². The monoisotopic (exact) mass is 388 g/mol. The molecule has 1 fully saturated rings. The van der Waals surface area contributed by atoms with Crippen LogP contribution < -0.4 is 10.2 Å². The van der Waals surface area contributed by atoms with Crippen molar-refractivity contribution in [3.05, 3.63) is 35.4 Å². The van der Waals surface area contributed by atoms with Gasteiger partial charge in [-0.25, -0.2) is 9.97 Å². The summed E-state index contributed by atoms with van der Waals surface area (Å²) in [6.07, 6.45) is 4.60. The van der Waals surface area contributed by atoms with Gasteiger partial charge in [-0.05, 0) is 51.7 Å². The normalized spacial score (nSPS) is 17.1. The van der Waals surface area contributed by atoms with E-state index in [1.807, 2.05) is 13.0 Å².